The third kappa shape index (κ3) is 4.19. The molecule has 0 saturated heterocycles. The highest BCUT2D eigenvalue weighted by molar-refractivity contribution is 6.02. The number of carbonyl (C=O) groups excluding carboxylic acids is 2. The molecule has 0 saturated carbocycles. The van der Waals surface area contributed by atoms with E-state index in [1.807, 2.05) is 63.2 Å². The molecular formula is C19H22N2O2. The number of nitrogens with zero attached hydrogens (tertiary/aromatic N) is 1. The Hall–Kier alpha value is -2.62. The van der Waals surface area contributed by atoms with Crippen LogP contribution in [0.5, 0.6) is 0 Å². The maximum atomic E-state index is 12.3. The molecule has 0 radical (unpaired) electrons. The number of nitrogens with one attached hydrogen (secondary N) is 1. The van der Waals surface area contributed by atoms with Crippen molar-refractivity contribution in [1.82, 2.24) is 0 Å². The molecule has 120 valence electrons. The molecular weight excluding hydrogens is 288 g/mol. The van der Waals surface area contributed by atoms with Gasteiger partial charge in [0.15, 0.2) is 0 Å². The summed E-state index contributed by atoms with van der Waals surface area (Å²) in [5.74, 6) is -0.367. The zero-order valence-electron chi connectivity index (χ0n) is 14.0. The van der Waals surface area contributed by atoms with E-state index in [2.05, 4.69) is 5.32 Å². The summed E-state index contributed by atoms with van der Waals surface area (Å²) >= 11 is 0. The minimum Gasteiger partial charge on any atom is -0.325 e. The molecule has 0 spiro atoms. The SMILES string of the molecule is CC(=O)N(CC(=O)Nc1ccc(C)cc1)c1c(C)cccc1C. The third-order valence-electron chi connectivity index (χ3n) is 3.73. The highest BCUT2D eigenvalue weighted by Gasteiger charge is 2.19. The minimum absolute atomic E-state index is 0.00506. The zero-order chi connectivity index (χ0) is 17.0. The van der Waals surface area contributed by atoms with Crippen molar-refractivity contribution >= 4 is 23.2 Å². The number of hydrogen-bond acceptors (Lipinski definition) is 2. The molecule has 0 aliphatic rings. The second-order valence-corrected chi connectivity index (χ2v) is 5.76. The first-order chi connectivity index (χ1) is 10.9. The lowest BCUT2D eigenvalue weighted by Crippen LogP contribution is -2.37. The number of aryl methyl sites for hydroxylation is 3. The summed E-state index contributed by atoms with van der Waals surface area (Å²) in [6.07, 6.45) is 0. The van der Waals surface area contributed by atoms with E-state index in [-0.39, 0.29) is 18.4 Å². The van der Waals surface area contributed by atoms with Crippen LogP contribution in [0.25, 0.3) is 0 Å². The smallest absolute Gasteiger partial charge is 0.244 e. The van der Waals surface area contributed by atoms with Crippen molar-refractivity contribution in [3.8, 4) is 0 Å². The Balaban J connectivity index is 2.18. The lowest BCUT2D eigenvalue weighted by atomic mass is 10.1. The van der Waals surface area contributed by atoms with Crippen molar-refractivity contribution in [1.29, 1.82) is 0 Å². The molecule has 0 aliphatic carbocycles. The molecule has 2 aromatic carbocycles. The number of benzene rings is 2. The van der Waals surface area contributed by atoms with E-state index in [1.54, 1.807) is 0 Å². The molecule has 0 unspecified atom stereocenters. The maximum absolute atomic E-state index is 12.3. The molecule has 2 amide bonds. The van der Waals surface area contributed by atoms with Gasteiger partial charge in [-0.1, -0.05) is 35.9 Å². The molecule has 0 atom stereocenters. The van der Waals surface area contributed by atoms with E-state index in [0.717, 1.165) is 28.1 Å². The van der Waals surface area contributed by atoms with Gasteiger partial charge in [0.2, 0.25) is 11.8 Å². The van der Waals surface area contributed by atoms with Crippen molar-refractivity contribution in [3.05, 3.63) is 59.2 Å². The fourth-order valence-electron chi connectivity index (χ4n) is 2.56. The third-order valence-corrected chi connectivity index (χ3v) is 3.73. The first kappa shape index (κ1) is 16.7. The molecule has 4 heteroatoms. The lowest BCUT2D eigenvalue weighted by Gasteiger charge is -2.24. The average Bonchev–Trinajstić information content (AvgIpc) is 2.48. The van der Waals surface area contributed by atoms with Gasteiger partial charge in [-0.05, 0) is 44.0 Å². The van der Waals surface area contributed by atoms with Crippen LogP contribution >= 0.6 is 0 Å². The van der Waals surface area contributed by atoms with E-state index < -0.39 is 0 Å². The van der Waals surface area contributed by atoms with Crippen LogP contribution in [-0.2, 0) is 9.59 Å². The lowest BCUT2D eigenvalue weighted by molar-refractivity contribution is -0.120. The average molecular weight is 310 g/mol. The van der Waals surface area contributed by atoms with Gasteiger partial charge in [-0.3, -0.25) is 9.59 Å². The first-order valence-corrected chi connectivity index (χ1v) is 7.59. The summed E-state index contributed by atoms with van der Waals surface area (Å²) in [5.41, 5.74) is 4.61. The monoisotopic (exact) mass is 310 g/mol. The zero-order valence-corrected chi connectivity index (χ0v) is 14.0. The summed E-state index contributed by atoms with van der Waals surface area (Å²) in [6, 6.07) is 13.4. The predicted molar refractivity (Wildman–Crippen MR) is 93.8 cm³/mol. The molecule has 0 bridgehead atoms. The Bertz CT molecular complexity index is 700. The summed E-state index contributed by atoms with van der Waals surface area (Å²) in [5, 5.41) is 2.83. The van der Waals surface area contributed by atoms with Crippen LogP contribution in [-0.4, -0.2) is 18.4 Å². The van der Waals surface area contributed by atoms with Crippen molar-refractivity contribution in [2.24, 2.45) is 0 Å². The molecule has 1 N–H and O–H groups in total. The van der Waals surface area contributed by atoms with Crippen LogP contribution in [0, 0.1) is 20.8 Å². The van der Waals surface area contributed by atoms with Gasteiger partial charge in [-0.2, -0.15) is 0 Å². The van der Waals surface area contributed by atoms with Gasteiger partial charge < -0.3 is 10.2 Å². The standard InChI is InChI=1S/C19H22N2O2/c1-13-8-10-17(11-9-13)20-18(23)12-21(16(4)22)19-14(2)6-5-7-15(19)3/h5-11H,12H2,1-4H3,(H,20,23). The van der Waals surface area contributed by atoms with Crippen LogP contribution in [0.4, 0.5) is 11.4 Å². The van der Waals surface area contributed by atoms with Crippen LogP contribution in [0.1, 0.15) is 23.6 Å². The molecule has 0 aromatic heterocycles. The Labute approximate surface area is 137 Å². The Kier molecular flexibility index (Phi) is 5.16. The fourth-order valence-corrected chi connectivity index (χ4v) is 2.56. The van der Waals surface area contributed by atoms with E-state index in [1.165, 1.54) is 11.8 Å². The van der Waals surface area contributed by atoms with E-state index >= 15 is 0 Å². The van der Waals surface area contributed by atoms with Crippen molar-refractivity contribution in [2.45, 2.75) is 27.7 Å². The summed E-state index contributed by atoms with van der Waals surface area (Å²) < 4.78 is 0. The van der Waals surface area contributed by atoms with E-state index in [9.17, 15) is 9.59 Å². The topological polar surface area (TPSA) is 49.4 Å². The highest BCUT2D eigenvalue weighted by Crippen LogP contribution is 2.24. The molecule has 0 aliphatic heterocycles. The number of hydrogen-bond donors (Lipinski definition) is 1. The first-order valence-electron chi connectivity index (χ1n) is 7.59. The number of anilines is 2. The molecule has 4 nitrogen and oxygen atoms in total. The largest absolute Gasteiger partial charge is 0.325 e. The van der Waals surface area contributed by atoms with E-state index in [4.69, 9.17) is 0 Å². The van der Waals surface area contributed by atoms with Crippen molar-refractivity contribution < 1.29 is 9.59 Å². The van der Waals surface area contributed by atoms with Gasteiger partial charge in [0.25, 0.3) is 0 Å². The van der Waals surface area contributed by atoms with Gasteiger partial charge in [0.1, 0.15) is 6.54 Å². The predicted octanol–water partition coefficient (Wildman–Crippen LogP) is 3.60. The highest BCUT2D eigenvalue weighted by atomic mass is 16.2. The Morgan fingerprint density at radius 3 is 2.04 bits per heavy atom. The van der Waals surface area contributed by atoms with E-state index in [0.29, 0.717) is 0 Å². The van der Waals surface area contributed by atoms with Crippen molar-refractivity contribution in [2.75, 3.05) is 16.8 Å². The number of para-hydroxylation sites is 1. The van der Waals surface area contributed by atoms with Gasteiger partial charge in [-0.25, -0.2) is 0 Å². The molecule has 2 aromatic rings. The second kappa shape index (κ2) is 7.09. The van der Waals surface area contributed by atoms with Gasteiger partial charge in [0, 0.05) is 12.6 Å². The fraction of sp³-hybridized carbons (Fsp3) is 0.263. The number of carbonyl (C=O) groups is 2. The van der Waals surface area contributed by atoms with Gasteiger partial charge in [0.05, 0.1) is 5.69 Å². The number of amides is 2. The summed E-state index contributed by atoms with van der Waals surface area (Å²) in [6.45, 7) is 7.34. The Morgan fingerprint density at radius 1 is 0.957 bits per heavy atom. The Morgan fingerprint density at radius 2 is 1.52 bits per heavy atom. The van der Waals surface area contributed by atoms with Gasteiger partial charge >= 0.3 is 0 Å². The molecule has 0 fully saturated rings. The molecule has 0 heterocycles. The summed E-state index contributed by atoms with van der Waals surface area (Å²) in [7, 11) is 0. The van der Waals surface area contributed by atoms with Gasteiger partial charge in [-0.15, -0.1) is 0 Å². The molecule has 23 heavy (non-hydrogen) atoms. The van der Waals surface area contributed by atoms with Crippen LogP contribution in [0.3, 0.4) is 0 Å². The van der Waals surface area contributed by atoms with Crippen LogP contribution in [0.15, 0.2) is 42.5 Å². The maximum Gasteiger partial charge on any atom is 0.244 e. The quantitative estimate of drug-likeness (QED) is 0.938. The summed E-state index contributed by atoms with van der Waals surface area (Å²) in [4.78, 5) is 25.9. The second-order valence-electron chi connectivity index (χ2n) is 5.76. The number of rotatable bonds is 4. The minimum atomic E-state index is -0.216. The molecule has 2 rings (SSSR count). The normalized spacial score (nSPS) is 10.3. The van der Waals surface area contributed by atoms with Crippen LogP contribution in [0.2, 0.25) is 0 Å². The van der Waals surface area contributed by atoms with Crippen LogP contribution < -0.4 is 10.2 Å². The van der Waals surface area contributed by atoms with Crippen molar-refractivity contribution in [3.63, 3.8) is 0 Å².